The molecule has 0 spiro atoms. The van der Waals surface area contributed by atoms with Crippen molar-refractivity contribution < 1.29 is 8.42 Å². The predicted octanol–water partition coefficient (Wildman–Crippen LogP) is 3.07. The summed E-state index contributed by atoms with van der Waals surface area (Å²) < 4.78 is 25.7. The molecule has 27 heavy (non-hydrogen) atoms. The van der Waals surface area contributed by atoms with E-state index in [2.05, 4.69) is 42.3 Å². The number of nitrogens with zero attached hydrogens (tertiary/aromatic N) is 2. The van der Waals surface area contributed by atoms with Crippen LogP contribution in [0, 0.1) is 13.8 Å². The molecule has 1 N–H and O–H groups in total. The summed E-state index contributed by atoms with van der Waals surface area (Å²) in [5, 5.41) is 3.69. The maximum Gasteiger partial charge on any atom is 0.211 e. The molecule has 0 unspecified atom stereocenters. The van der Waals surface area contributed by atoms with E-state index in [0.29, 0.717) is 12.6 Å². The second-order valence-corrected chi connectivity index (χ2v) is 10.2. The Morgan fingerprint density at radius 1 is 1.07 bits per heavy atom. The lowest BCUT2D eigenvalue weighted by atomic mass is 10.00. The van der Waals surface area contributed by atoms with Crippen LogP contribution in [0.25, 0.3) is 0 Å². The van der Waals surface area contributed by atoms with E-state index in [0.717, 1.165) is 58.2 Å². The van der Waals surface area contributed by atoms with Gasteiger partial charge in [0.1, 0.15) is 0 Å². The fourth-order valence-corrected chi connectivity index (χ4v) is 5.77. The summed E-state index contributed by atoms with van der Waals surface area (Å²) >= 11 is 0. The average Bonchev–Trinajstić information content (AvgIpc) is 2.64. The Balaban J connectivity index is 1.45. The maximum atomic E-state index is 12.0. The highest BCUT2D eigenvalue weighted by Crippen LogP contribution is 2.26. The molecular weight excluding hydrogens is 358 g/mol. The summed E-state index contributed by atoms with van der Waals surface area (Å²) in [6, 6.07) is 7.29. The number of piperidine rings is 2. The molecule has 0 bridgehead atoms. The zero-order chi connectivity index (χ0) is 19.4. The third kappa shape index (κ3) is 5.24. The molecule has 0 aromatic heterocycles. The van der Waals surface area contributed by atoms with Crippen molar-refractivity contribution in [3.63, 3.8) is 0 Å². The molecule has 1 aromatic carbocycles. The van der Waals surface area contributed by atoms with Crippen molar-refractivity contribution in [2.24, 2.45) is 0 Å². The molecule has 6 heteroatoms. The molecule has 2 fully saturated rings. The minimum Gasteiger partial charge on any atom is -0.371 e. The molecule has 1 aromatic rings. The molecule has 2 saturated heterocycles. The first-order valence-corrected chi connectivity index (χ1v) is 12.2. The smallest absolute Gasteiger partial charge is 0.211 e. The number of benzene rings is 1. The molecule has 0 aliphatic carbocycles. The first-order chi connectivity index (χ1) is 12.9. The lowest BCUT2D eigenvalue weighted by Crippen LogP contribution is -2.46. The highest BCUT2D eigenvalue weighted by molar-refractivity contribution is 7.88. The SMILES string of the molecule is Cc1cccc(N2CCC(NCC[C@H]3CCCCN3S(C)(=O)=O)CC2)c1C. The van der Waals surface area contributed by atoms with Gasteiger partial charge >= 0.3 is 0 Å². The number of aryl methyl sites for hydroxylation is 1. The third-order valence-electron chi connectivity index (χ3n) is 6.32. The Morgan fingerprint density at radius 2 is 1.81 bits per heavy atom. The topological polar surface area (TPSA) is 52.6 Å². The van der Waals surface area contributed by atoms with Gasteiger partial charge in [0.15, 0.2) is 0 Å². The monoisotopic (exact) mass is 393 g/mol. The van der Waals surface area contributed by atoms with Crippen LogP contribution in [0.3, 0.4) is 0 Å². The van der Waals surface area contributed by atoms with E-state index in [-0.39, 0.29) is 6.04 Å². The molecule has 3 rings (SSSR count). The molecule has 0 amide bonds. The minimum atomic E-state index is -3.08. The highest BCUT2D eigenvalue weighted by Gasteiger charge is 2.29. The van der Waals surface area contributed by atoms with Crippen LogP contribution < -0.4 is 10.2 Å². The van der Waals surface area contributed by atoms with Crippen LogP contribution >= 0.6 is 0 Å². The van der Waals surface area contributed by atoms with Gasteiger partial charge in [-0.3, -0.25) is 0 Å². The van der Waals surface area contributed by atoms with Crippen molar-refractivity contribution in [2.45, 2.75) is 64.5 Å². The first kappa shape index (κ1) is 20.6. The molecular formula is C21H35N3O2S. The van der Waals surface area contributed by atoms with Gasteiger partial charge in [-0.2, -0.15) is 4.31 Å². The van der Waals surface area contributed by atoms with Gasteiger partial charge in [0.2, 0.25) is 10.0 Å². The normalized spacial score (nSPS) is 22.9. The largest absolute Gasteiger partial charge is 0.371 e. The zero-order valence-corrected chi connectivity index (χ0v) is 17.9. The molecule has 2 aliphatic rings. The average molecular weight is 394 g/mol. The fraction of sp³-hybridized carbons (Fsp3) is 0.714. The summed E-state index contributed by atoms with van der Waals surface area (Å²) in [6.07, 6.45) is 7.70. The Labute approximate surface area is 165 Å². The molecule has 1 atom stereocenters. The summed E-state index contributed by atoms with van der Waals surface area (Å²) in [7, 11) is -3.08. The van der Waals surface area contributed by atoms with Crippen LogP contribution in [0.5, 0.6) is 0 Å². The number of nitrogens with one attached hydrogen (secondary N) is 1. The van der Waals surface area contributed by atoms with Crippen LogP contribution in [0.15, 0.2) is 18.2 Å². The molecule has 0 saturated carbocycles. The van der Waals surface area contributed by atoms with Crippen molar-refractivity contribution in [3.8, 4) is 0 Å². The van der Waals surface area contributed by atoms with Crippen LogP contribution in [0.1, 0.15) is 49.7 Å². The van der Waals surface area contributed by atoms with Gasteiger partial charge in [-0.05, 0) is 69.7 Å². The zero-order valence-electron chi connectivity index (χ0n) is 17.1. The number of sulfonamides is 1. The molecule has 152 valence electrons. The predicted molar refractivity (Wildman–Crippen MR) is 113 cm³/mol. The van der Waals surface area contributed by atoms with Crippen molar-refractivity contribution in [2.75, 3.05) is 37.3 Å². The van der Waals surface area contributed by atoms with Crippen molar-refractivity contribution in [1.82, 2.24) is 9.62 Å². The third-order valence-corrected chi connectivity index (χ3v) is 7.65. The van der Waals surface area contributed by atoms with Crippen LogP contribution in [-0.4, -0.2) is 57.2 Å². The molecule has 5 nitrogen and oxygen atoms in total. The first-order valence-electron chi connectivity index (χ1n) is 10.4. The van der Waals surface area contributed by atoms with Gasteiger partial charge < -0.3 is 10.2 Å². The second-order valence-electron chi connectivity index (χ2n) is 8.25. The Morgan fingerprint density at radius 3 is 2.52 bits per heavy atom. The van der Waals surface area contributed by atoms with Gasteiger partial charge in [0.25, 0.3) is 0 Å². The van der Waals surface area contributed by atoms with Gasteiger partial charge in [0, 0.05) is 37.4 Å². The highest BCUT2D eigenvalue weighted by atomic mass is 32.2. The minimum absolute atomic E-state index is 0.177. The standard InChI is InChI=1S/C21H35N3O2S/c1-17-7-6-9-21(18(17)2)23-15-11-19(12-16-23)22-13-10-20-8-4-5-14-24(20)27(3,25)26/h6-7,9,19-20,22H,4-5,8,10-16H2,1-3H3/t20-/m1/s1. The summed E-state index contributed by atoms with van der Waals surface area (Å²) in [6.45, 7) is 8.16. The lowest BCUT2D eigenvalue weighted by Gasteiger charge is -2.36. The number of anilines is 1. The van der Waals surface area contributed by atoms with Gasteiger partial charge in [0.05, 0.1) is 6.26 Å². The molecule has 2 heterocycles. The Bertz CT molecular complexity index is 727. The van der Waals surface area contributed by atoms with Gasteiger partial charge in [-0.15, -0.1) is 0 Å². The van der Waals surface area contributed by atoms with E-state index in [4.69, 9.17) is 0 Å². The van der Waals surface area contributed by atoms with E-state index < -0.39 is 10.0 Å². The van der Waals surface area contributed by atoms with Crippen molar-refractivity contribution >= 4 is 15.7 Å². The summed E-state index contributed by atoms with van der Waals surface area (Å²) in [4.78, 5) is 2.51. The van der Waals surface area contributed by atoms with Crippen LogP contribution in [-0.2, 0) is 10.0 Å². The lowest BCUT2D eigenvalue weighted by molar-refractivity contribution is 0.237. The van der Waals surface area contributed by atoms with E-state index in [9.17, 15) is 8.42 Å². The van der Waals surface area contributed by atoms with Crippen LogP contribution in [0.2, 0.25) is 0 Å². The quantitative estimate of drug-likeness (QED) is 0.807. The van der Waals surface area contributed by atoms with Crippen molar-refractivity contribution in [1.29, 1.82) is 0 Å². The Kier molecular flexibility index (Phi) is 6.82. The maximum absolute atomic E-state index is 12.0. The fourth-order valence-electron chi connectivity index (χ4n) is 4.56. The second kappa shape index (κ2) is 8.93. The van der Waals surface area contributed by atoms with E-state index in [1.165, 1.54) is 23.1 Å². The number of hydrogen-bond donors (Lipinski definition) is 1. The molecule has 0 radical (unpaired) electrons. The van der Waals surface area contributed by atoms with Crippen LogP contribution in [0.4, 0.5) is 5.69 Å². The number of hydrogen-bond acceptors (Lipinski definition) is 4. The summed E-state index contributed by atoms with van der Waals surface area (Å²) in [5.41, 5.74) is 4.12. The number of rotatable bonds is 6. The molecule has 2 aliphatic heterocycles. The van der Waals surface area contributed by atoms with Gasteiger partial charge in [-0.1, -0.05) is 18.6 Å². The van der Waals surface area contributed by atoms with E-state index in [1.807, 2.05) is 0 Å². The summed E-state index contributed by atoms with van der Waals surface area (Å²) in [5.74, 6) is 0. The van der Waals surface area contributed by atoms with Crippen molar-refractivity contribution in [3.05, 3.63) is 29.3 Å². The Hall–Kier alpha value is -1.11. The van der Waals surface area contributed by atoms with E-state index >= 15 is 0 Å². The van der Waals surface area contributed by atoms with E-state index in [1.54, 1.807) is 4.31 Å². The van der Waals surface area contributed by atoms with Gasteiger partial charge in [-0.25, -0.2) is 8.42 Å².